The van der Waals surface area contributed by atoms with Crippen LogP contribution in [0.4, 0.5) is 0 Å². The third-order valence-electron chi connectivity index (χ3n) is 2.02. The number of carbonyl (C=O) groups is 1. The predicted molar refractivity (Wildman–Crippen MR) is 56.5 cm³/mol. The van der Waals surface area contributed by atoms with Crippen molar-refractivity contribution in [3.63, 3.8) is 0 Å². The molecule has 1 aromatic rings. The lowest BCUT2D eigenvalue weighted by Crippen LogP contribution is -1.99. The Kier molecular flexibility index (Phi) is 3.52. The first-order valence-electron chi connectivity index (χ1n) is 4.21. The van der Waals surface area contributed by atoms with Gasteiger partial charge in [0.1, 0.15) is 5.75 Å². The summed E-state index contributed by atoms with van der Waals surface area (Å²) < 4.78 is 0.752. The number of carboxylic acid groups (broad SMARTS) is 1. The highest BCUT2D eigenvalue weighted by Crippen LogP contribution is 2.30. The molecule has 0 aliphatic heterocycles. The minimum Gasteiger partial charge on any atom is -0.507 e. The van der Waals surface area contributed by atoms with Gasteiger partial charge >= 0.3 is 5.97 Å². The second-order valence-corrected chi connectivity index (χ2v) is 3.94. The van der Waals surface area contributed by atoms with E-state index in [2.05, 4.69) is 15.9 Å². The van der Waals surface area contributed by atoms with Gasteiger partial charge < -0.3 is 10.2 Å². The van der Waals surface area contributed by atoms with Crippen LogP contribution in [0.5, 0.6) is 5.75 Å². The third kappa shape index (κ3) is 2.48. The van der Waals surface area contributed by atoms with Crippen LogP contribution in [0.2, 0.25) is 0 Å². The molecule has 0 heterocycles. The van der Waals surface area contributed by atoms with Gasteiger partial charge in [0.15, 0.2) is 0 Å². The quantitative estimate of drug-likeness (QED) is 0.876. The number of benzene rings is 1. The molecule has 0 aliphatic rings. The molecular formula is C10H11BrO3. The Labute approximate surface area is 90.5 Å². The number of phenols is 1. The maximum Gasteiger partial charge on any atom is 0.303 e. The molecule has 0 saturated carbocycles. The van der Waals surface area contributed by atoms with E-state index in [0.717, 1.165) is 10.0 Å². The van der Waals surface area contributed by atoms with Crippen LogP contribution in [0.1, 0.15) is 17.5 Å². The molecule has 0 aliphatic carbocycles. The largest absolute Gasteiger partial charge is 0.507 e. The zero-order valence-electron chi connectivity index (χ0n) is 7.75. The molecule has 0 bridgehead atoms. The lowest BCUT2D eigenvalue weighted by Gasteiger charge is -2.08. The Morgan fingerprint density at radius 2 is 2.14 bits per heavy atom. The standard InChI is InChI=1S/C10H11BrO3/c1-6-2-4-8(11)7(10(6)14)3-5-9(12)13/h2,4,14H,3,5H2,1H3,(H,12,13). The van der Waals surface area contributed by atoms with Crippen LogP contribution >= 0.6 is 15.9 Å². The van der Waals surface area contributed by atoms with E-state index in [1.54, 1.807) is 13.0 Å². The van der Waals surface area contributed by atoms with Gasteiger partial charge in [-0.15, -0.1) is 0 Å². The van der Waals surface area contributed by atoms with Crippen molar-refractivity contribution in [1.82, 2.24) is 0 Å². The van der Waals surface area contributed by atoms with Crippen LogP contribution in [0, 0.1) is 6.92 Å². The van der Waals surface area contributed by atoms with E-state index in [0.29, 0.717) is 12.0 Å². The van der Waals surface area contributed by atoms with Crippen LogP contribution in [0.3, 0.4) is 0 Å². The summed E-state index contributed by atoms with van der Waals surface area (Å²) in [6.07, 6.45) is 0.360. The molecule has 2 N–H and O–H groups in total. The van der Waals surface area contributed by atoms with Crippen molar-refractivity contribution >= 4 is 21.9 Å². The first kappa shape index (κ1) is 11.0. The number of aliphatic carboxylic acids is 1. The van der Waals surface area contributed by atoms with Crippen LogP contribution in [0.25, 0.3) is 0 Å². The first-order valence-corrected chi connectivity index (χ1v) is 5.00. The maximum atomic E-state index is 10.4. The van der Waals surface area contributed by atoms with Gasteiger partial charge in [0, 0.05) is 16.5 Å². The summed E-state index contributed by atoms with van der Waals surface area (Å²) in [7, 11) is 0. The molecule has 0 atom stereocenters. The highest BCUT2D eigenvalue weighted by molar-refractivity contribution is 9.10. The Morgan fingerprint density at radius 1 is 1.50 bits per heavy atom. The molecule has 76 valence electrons. The Bertz CT molecular complexity index is 361. The Morgan fingerprint density at radius 3 is 2.71 bits per heavy atom. The van der Waals surface area contributed by atoms with Gasteiger partial charge in [-0.1, -0.05) is 22.0 Å². The van der Waals surface area contributed by atoms with Crippen LogP contribution in [-0.4, -0.2) is 16.2 Å². The number of phenolic OH excluding ortho intramolecular Hbond substituents is 1. The van der Waals surface area contributed by atoms with Gasteiger partial charge in [-0.05, 0) is 25.0 Å². The summed E-state index contributed by atoms with van der Waals surface area (Å²) in [6.45, 7) is 1.78. The lowest BCUT2D eigenvalue weighted by atomic mass is 10.1. The van der Waals surface area contributed by atoms with Gasteiger partial charge in [-0.25, -0.2) is 0 Å². The average molecular weight is 259 g/mol. The van der Waals surface area contributed by atoms with E-state index in [9.17, 15) is 9.90 Å². The minimum absolute atomic E-state index is 0.0234. The summed E-state index contributed by atoms with van der Waals surface area (Å²) in [4.78, 5) is 10.4. The molecule has 0 saturated heterocycles. The first-order chi connectivity index (χ1) is 6.52. The highest BCUT2D eigenvalue weighted by Gasteiger charge is 2.10. The molecule has 0 unspecified atom stereocenters. The predicted octanol–water partition coefficient (Wildman–Crippen LogP) is 2.48. The van der Waals surface area contributed by atoms with Crippen molar-refractivity contribution in [2.75, 3.05) is 0 Å². The van der Waals surface area contributed by atoms with Crippen LogP contribution < -0.4 is 0 Å². The van der Waals surface area contributed by atoms with Crippen molar-refractivity contribution in [2.24, 2.45) is 0 Å². The average Bonchev–Trinajstić information content (AvgIpc) is 2.11. The number of hydrogen-bond donors (Lipinski definition) is 2. The molecular weight excluding hydrogens is 248 g/mol. The van der Waals surface area contributed by atoms with Gasteiger partial charge in [0.2, 0.25) is 0 Å². The molecule has 1 rings (SSSR count). The van der Waals surface area contributed by atoms with E-state index >= 15 is 0 Å². The summed E-state index contributed by atoms with van der Waals surface area (Å²) >= 11 is 3.28. The van der Waals surface area contributed by atoms with Gasteiger partial charge in [0.05, 0.1) is 0 Å². The van der Waals surface area contributed by atoms with Crippen molar-refractivity contribution in [1.29, 1.82) is 0 Å². The minimum atomic E-state index is -0.863. The number of carboxylic acids is 1. The van der Waals surface area contributed by atoms with E-state index in [1.807, 2.05) is 6.07 Å². The normalized spacial score (nSPS) is 10.1. The fraction of sp³-hybridized carbons (Fsp3) is 0.300. The summed E-state index contributed by atoms with van der Waals surface area (Å²) in [5.74, 6) is -0.682. The zero-order chi connectivity index (χ0) is 10.7. The fourth-order valence-corrected chi connectivity index (χ4v) is 1.72. The number of rotatable bonds is 3. The van der Waals surface area contributed by atoms with Gasteiger partial charge in [0.25, 0.3) is 0 Å². The molecule has 0 radical (unpaired) electrons. The summed E-state index contributed by atoms with van der Waals surface area (Å²) in [5, 5.41) is 18.2. The van der Waals surface area contributed by atoms with Crippen LogP contribution in [0.15, 0.2) is 16.6 Å². The van der Waals surface area contributed by atoms with E-state index in [4.69, 9.17) is 5.11 Å². The van der Waals surface area contributed by atoms with Crippen molar-refractivity contribution in [2.45, 2.75) is 19.8 Å². The van der Waals surface area contributed by atoms with E-state index in [1.165, 1.54) is 0 Å². The van der Waals surface area contributed by atoms with E-state index < -0.39 is 5.97 Å². The van der Waals surface area contributed by atoms with Crippen molar-refractivity contribution < 1.29 is 15.0 Å². The Hall–Kier alpha value is -1.03. The number of aryl methyl sites for hydroxylation is 1. The Balaban J connectivity index is 2.95. The molecule has 0 amide bonds. The number of hydrogen-bond acceptors (Lipinski definition) is 2. The van der Waals surface area contributed by atoms with Gasteiger partial charge in [-0.3, -0.25) is 4.79 Å². The topological polar surface area (TPSA) is 57.5 Å². The third-order valence-corrected chi connectivity index (χ3v) is 2.76. The molecule has 4 heteroatoms. The summed E-state index contributed by atoms with van der Waals surface area (Å²) in [5.41, 5.74) is 1.42. The van der Waals surface area contributed by atoms with Crippen molar-refractivity contribution in [3.8, 4) is 5.75 Å². The maximum absolute atomic E-state index is 10.4. The van der Waals surface area contributed by atoms with E-state index in [-0.39, 0.29) is 12.2 Å². The molecule has 3 nitrogen and oxygen atoms in total. The lowest BCUT2D eigenvalue weighted by molar-refractivity contribution is -0.136. The zero-order valence-corrected chi connectivity index (χ0v) is 9.34. The van der Waals surface area contributed by atoms with Gasteiger partial charge in [-0.2, -0.15) is 0 Å². The second kappa shape index (κ2) is 4.46. The second-order valence-electron chi connectivity index (χ2n) is 3.09. The smallest absolute Gasteiger partial charge is 0.303 e. The molecule has 1 aromatic carbocycles. The number of aromatic hydroxyl groups is 1. The monoisotopic (exact) mass is 258 g/mol. The highest BCUT2D eigenvalue weighted by atomic mass is 79.9. The number of halogens is 1. The molecule has 14 heavy (non-hydrogen) atoms. The molecule has 0 aromatic heterocycles. The summed E-state index contributed by atoms with van der Waals surface area (Å²) in [6, 6.07) is 3.59. The molecule has 0 fully saturated rings. The van der Waals surface area contributed by atoms with Crippen molar-refractivity contribution in [3.05, 3.63) is 27.7 Å². The molecule has 0 spiro atoms. The SMILES string of the molecule is Cc1ccc(Br)c(CCC(=O)O)c1O. The fourth-order valence-electron chi connectivity index (χ4n) is 1.20. The van der Waals surface area contributed by atoms with Crippen LogP contribution in [-0.2, 0) is 11.2 Å².